The first-order valence-corrected chi connectivity index (χ1v) is 3.77. The SMILES string of the molecule is CC(=O)C1=CNCC(C(C)=O)=C1. The molecule has 0 saturated heterocycles. The molecular formula is C9H11NO2. The summed E-state index contributed by atoms with van der Waals surface area (Å²) in [5.74, 6) is -0.0182. The monoisotopic (exact) mass is 165 g/mol. The van der Waals surface area contributed by atoms with Gasteiger partial charge >= 0.3 is 0 Å². The van der Waals surface area contributed by atoms with Crippen LogP contribution in [-0.4, -0.2) is 18.1 Å². The van der Waals surface area contributed by atoms with E-state index < -0.39 is 0 Å². The third-order valence-corrected chi connectivity index (χ3v) is 1.74. The fraction of sp³-hybridized carbons (Fsp3) is 0.333. The van der Waals surface area contributed by atoms with Gasteiger partial charge in [-0.2, -0.15) is 0 Å². The van der Waals surface area contributed by atoms with Crippen molar-refractivity contribution < 1.29 is 9.59 Å². The first kappa shape index (κ1) is 8.71. The first-order valence-electron chi connectivity index (χ1n) is 3.77. The predicted octanol–water partition coefficient (Wildman–Crippen LogP) is 0.578. The minimum atomic E-state index is -0.0269. The zero-order chi connectivity index (χ0) is 9.14. The van der Waals surface area contributed by atoms with Crippen LogP contribution in [-0.2, 0) is 9.59 Å². The molecule has 0 aromatic carbocycles. The number of ketones is 2. The number of nitrogens with one attached hydrogen (secondary N) is 1. The van der Waals surface area contributed by atoms with E-state index in [1.807, 2.05) is 0 Å². The van der Waals surface area contributed by atoms with Gasteiger partial charge in [-0.1, -0.05) is 0 Å². The Balaban J connectivity index is 2.88. The van der Waals surface area contributed by atoms with E-state index in [4.69, 9.17) is 0 Å². The highest BCUT2D eigenvalue weighted by Crippen LogP contribution is 2.08. The Labute approximate surface area is 71.1 Å². The Morgan fingerprint density at radius 3 is 2.50 bits per heavy atom. The Morgan fingerprint density at radius 2 is 2.00 bits per heavy atom. The van der Waals surface area contributed by atoms with Crippen LogP contribution in [0.4, 0.5) is 0 Å². The zero-order valence-corrected chi connectivity index (χ0v) is 7.18. The van der Waals surface area contributed by atoms with E-state index in [0.29, 0.717) is 17.7 Å². The molecule has 0 fully saturated rings. The van der Waals surface area contributed by atoms with Crippen molar-refractivity contribution in [2.75, 3.05) is 6.54 Å². The zero-order valence-electron chi connectivity index (χ0n) is 7.18. The summed E-state index contributed by atoms with van der Waals surface area (Å²) in [6.45, 7) is 3.50. The van der Waals surface area contributed by atoms with Gasteiger partial charge in [0.25, 0.3) is 0 Å². The van der Waals surface area contributed by atoms with Crippen molar-refractivity contribution >= 4 is 11.6 Å². The number of allylic oxidation sites excluding steroid dienone is 2. The standard InChI is InChI=1S/C9H11NO2/c1-6(11)8-3-9(7(2)12)5-10-4-8/h3-4,10H,5H2,1-2H3. The van der Waals surface area contributed by atoms with Crippen molar-refractivity contribution in [3.8, 4) is 0 Å². The van der Waals surface area contributed by atoms with Gasteiger partial charge in [0.05, 0.1) is 0 Å². The third kappa shape index (κ3) is 1.81. The van der Waals surface area contributed by atoms with Crippen LogP contribution >= 0.6 is 0 Å². The van der Waals surface area contributed by atoms with E-state index in [1.165, 1.54) is 13.8 Å². The van der Waals surface area contributed by atoms with Gasteiger partial charge in [0, 0.05) is 23.9 Å². The summed E-state index contributed by atoms with van der Waals surface area (Å²) in [6.07, 6.45) is 3.27. The van der Waals surface area contributed by atoms with Crippen LogP contribution in [0.1, 0.15) is 13.8 Å². The molecule has 64 valence electrons. The maximum atomic E-state index is 10.9. The Hall–Kier alpha value is -1.38. The Kier molecular flexibility index (Phi) is 2.43. The van der Waals surface area contributed by atoms with Crippen molar-refractivity contribution in [1.29, 1.82) is 0 Å². The van der Waals surface area contributed by atoms with Crippen LogP contribution in [0.15, 0.2) is 23.4 Å². The van der Waals surface area contributed by atoms with Crippen molar-refractivity contribution in [1.82, 2.24) is 5.32 Å². The van der Waals surface area contributed by atoms with Crippen molar-refractivity contribution in [2.24, 2.45) is 0 Å². The lowest BCUT2D eigenvalue weighted by Crippen LogP contribution is -2.20. The summed E-state index contributed by atoms with van der Waals surface area (Å²) >= 11 is 0. The van der Waals surface area contributed by atoms with Gasteiger partial charge in [-0.05, 0) is 19.9 Å². The number of dihydropyridines is 1. The highest BCUT2D eigenvalue weighted by molar-refractivity contribution is 6.01. The van der Waals surface area contributed by atoms with Crippen LogP contribution in [0.5, 0.6) is 0 Å². The second kappa shape index (κ2) is 3.34. The number of carbonyl (C=O) groups is 2. The quantitative estimate of drug-likeness (QED) is 0.651. The third-order valence-electron chi connectivity index (χ3n) is 1.74. The summed E-state index contributed by atoms with van der Waals surface area (Å²) < 4.78 is 0. The molecule has 1 aliphatic rings. The topological polar surface area (TPSA) is 46.2 Å². The fourth-order valence-corrected chi connectivity index (χ4v) is 0.981. The molecule has 1 rings (SSSR count). The lowest BCUT2D eigenvalue weighted by molar-refractivity contribution is -0.113. The minimum Gasteiger partial charge on any atom is -0.386 e. The molecule has 12 heavy (non-hydrogen) atoms. The summed E-state index contributed by atoms with van der Waals surface area (Å²) in [6, 6.07) is 0. The van der Waals surface area contributed by atoms with E-state index >= 15 is 0 Å². The lowest BCUT2D eigenvalue weighted by atomic mass is 10.0. The van der Waals surface area contributed by atoms with Crippen LogP contribution in [0.25, 0.3) is 0 Å². The van der Waals surface area contributed by atoms with Gasteiger partial charge in [0.15, 0.2) is 11.6 Å². The molecule has 0 bridgehead atoms. The van der Waals surface area contributed by atoms with Crippen LogP contribution in [0.2, 0.25) is 0 Å². The molecule has 3 heteroatoms. The van der Waals surface area contributed by atoms with Gasteiger partial charge in [-0.25, -0.2) is 0 Å². The number of hydrogen-bond donors (Lipinski definition) is 1. The number of carbonyl (C=O) groups excluding carboxylic acids is 2. The number of Topliss-reactive ketones (excluding diaryl/α,β-unsaturated/α-hetero) is 2. The van der Waals surface area contributed by atoms with Gasteiger partial charge < -0.3 is 5.32 Å². The molecule has 0 aromatic rings. The molecule has 1 aliphatic heterocycles. The molecule has 0 amide bonds. The smallest absolute Gasteiger partial charge is 0.161 e. The molecule has 1 N–H and O–H groups in total. The normalized spacial score (nSPS) is 15.8. The van der Waals surface area contributed by atoms with Crippen molar-refractivity contribution in [3.63, 3.8) is 0 Å². The van der Waals surface area contributed by atoms with E-state index in [9.17, 15) is 9.59 Å². The average Bonchev–Trinajstić information content (AvgIpc) is 2.04. The molecule has 3 nitrogen and oxygen atoms in total. The van der Waals surface area contributed by atoms with E-state index in [-0.39, 0.29) is 11.6 Å². The Bertz CT molecular complexity index is 287. The van der Waals surface area contributed by atoms with Crippen LogP contribution in [0.3, 0.4) is 0 Å². The van der Waals surface area contributed by atoms with Crippen molar-refractivity contribution in [3.05, 3.63) is 23.4 Å². The fourth-order valence-electron chi connectivity index (χ4n) is 0.981. The van der Waals surface area contributed by atoms with Gasteiger partial charge in [0.1, 0.15) is 0 Å². The molecule has 1 heterocycles. The second-order valence-electron chi connectivity index (χ2n) is 2.76. The molecule has 0 aliphatic carbocycles. The van der Waals surface area contributed by atoms with Crippen molar-refractivity contribution in [2.45, 2.75) is 13.8 Å². The molecular weight excluding hydrogens is 154 g/mol. The van der Waals surface area contributed by atoms with Crippen LogP contribution < -0.4 is 5.32 Å². The number of rotatable bonds is 2. The predicted molar refractivity (Wildman–Crippen MR) is 45.5 cm³/mol. The first-order chi connectivity index (χ1) is 5.61. The summed E-state index contributed by atoms with van der Waals surface area (Å²) in [7, 11) is 0. The molecule has 0 atom stereocenters. The average molecular weight is 165 g/mol. The molecule has 0 aromatic heterocycles. The van der Waals surface area contributed by atoms with Gasteiger partial charge in [-0.3, -0.25) is 9.59 Å². The van der Waals surface area contributed by atoms with Gasteiger partial charge in [-0.15, -0.1) is 0 Å². The van der Waals surface area contributed by atoms with Gasteiger partial charge in [0.2, 0.25) is 0 Å². The van der Waals surface area contributed by atoms with E-state index in [1.54, 1.807) is 12.3 Å². The molecule has 0 unspecified atom stereocenters. The maximum absolute atomic E-state index is 10.9. The minimum absolute atomic E-state index is 0.00866. The molecule has 0 saturated carbocycles. The van der Waals surface area contributed by atoms with Crippen LogP contribution in [0, 0.1) is 0 Å². The number of hydrogen-bond acceptors (Lipinski definition) is 3. The molecule has 0 spiro atoms. The van der Waals surface area contributed by atoms with E-state index in [2.05, 4.69) is 5.32 Å². The summed E-state index contributed by atoms with van der Waals surface area (Å²) in [5.41, 5.74) is 1.22. The summed E-state index contributed by atoms with van der Waals surface area (Å²) in [4.78, 5) is 21.8. The highest BCUT2D eigenvalue weighted by Gasteiger charge is 2.10. The highest BCUT2D eigenvalue weighted by atomic mass is 16.1. The summed E-state index contributed by atoms with van der Waals surface area (Å²) in [5, 5.41) is 2.88. The Morgan fingerprint density at radius 1 is 1.33 bits per heavy atom. The lowest BCUT2D eigenvalue weighted by Gasteiger charge is -2.11. The van der Waals surface area contributed by atoms with E-state index in [0.717, 1.165) is 0 Å². The molecule has 0 radical (unpaired) electrons. The largest absolute Gasteiger partial charge is 0.386 e. The second-order valence-corrected chi connectivity index (χ2v) is 2.76. The maximum Gasteiger partial charge on any atom is 0.161 e.